The lowest BCUT2D eigenvalue weighted by molar-refractivity contribution is 0.0938. The van der Waals surface area contributed by atoms with Crippen molar-refractivity contribution < 1.29 is 4.79 Å². The quantitative estimate of drug-likeness (QED) is 0.850. The number of nitrogens with one attached hydrogen (secondary N) is 1. The summed E-state index contributed by atoms with van der Waals surface area (Å²) in [5, 5.41) is 3.96. The van der Waals surface area contributed by atoms with Crippen LogP contribution >= 0.6 is 11.6 Å². The first-order chi connectivity index (χ1) is 9.24. The number of Topliss-reactive ketones (excluding diaryl/α,β-unsaturated/α-hetero) is 1. The Labute approximate surface area is 117 Å². The molecule has 3 rings (SSSR count). The molecule has 2 aromatic rings. The molecule has 1 N–H and O–H groups in total. The summed E-state index contributed by atoms with van der Waals surface area (Å²) in [6.07, 6.45) is 0.748. The third-order valence-electron chi connectivity index (χ3n) is 3.53. The lowest BCUT2D eigenvalue weighted by Crippen LogP contribution is -2.41. The van der Waals surface area contributed by atoms with Crippen LogP contribution in [0.4, 0.5) is 0 Å². The van der Waals surface area contributed by atoms with Gasteiger partial charge in [0.15, 0.2) is 5.78 Å². The zero-order chi connectivity index (χ0) is 13.2. The monoisotopic (exact) mass is 271 g/mol. The third kappa shape index (κ3) is 2.55. The Bertz CT molecular complexity index is 606. The average Bonchev–Trinajstić information content (AvgIpc) is 2.47. The van der Waals surface area contributed by atoms with Gasteiger partial charge in [-0.3, -0.25) is 4.79 Å². The molecule has 0 bridgehead atoms. The van der Waals surface area contributed by atoms with Crippen LogP contribution in [0.1, 0.15) is 21.5 Å². The standard InChI is InChI=1S/C16H14ClNO/c17-14-7-5-11(6-8-14)16(19)15-9-12-3-1-2-4-13(12)10-18-15/h1-8,15,18H,9-10H2. The number of carbonyl (C=O) groups is 1. The minimum atomic E-state index is -0.143. The first-order valence-electron chi connectivity index (χ1n) is 6.34. The van der Waals surface area contributed by atoms with E-state index in [0.29, 0.717) is 10.6 Å². The molecule has 0 radical (unpaired) electrons. The third-order valence-corrected chi connectivity index (χ3v) is 3.78. The van der Waals surface area contributed by atoms with Gasteiger partial charge in [-0.15, -0.1) is 0 Å². The van der Waals surface area contributed by atoms with Crippen molar-refractivity contribution in [1.82, 2.24) is 5.32 Å². The molecule has 0 spiro atoms. The number of fused-ring (bicyclic) bond motifs is 1. The van der Waals surface area contributed by atoms with Gasteiger partial charge in [0.05, 0.1) is 6.04 Å². The second kappa shape index (κ2) is 5.16. The van der Waals surface area contributed by atoms with E-state index in [9.17, 15) is 4.79 Å². The Kier molecular flexibility index (Phi) is 3.36. The van der Waals surface area contributed by atoms with Crippen molar-refractivity contribution in [2.24, 2.45) is 0 Å². The highest BCUT2D eigenvalue weighted by molar-refractivity contribution is 6.30. The van der Waals surface area contributed by atoms with E-state index >= 15 is 0 Å². The first kappa shape index (κ1) is 12.4. The van der Waals surface area contributed by atoms with Crippen LogP contribution in [-0.2, 0) is 13.0 Å². The molecule has 1 heterocycles. The number of ketones is 1. The Hall–Kier alpha value is -1.64. The molecule has 2 nitrogen and oxygen atoms in total. The number of benzene rings is 2. The van der Waals surface area contributed by atoms with E-state index in [0.717, 1.165) is 13.0 Å². The van der Waals surface area contributed by atoms with E-state index in [1.54, 1.807) is 24.3 Å². The maximum Gasteiger partial charge on any atom is 0.180 e. The van der Waals surface area contributed by atoms with Crippen LogP contribution in [0.25, 0.3) is 0 Å². The molecular weight excluding hydrogens is 258 g/mol. The first-order valence-corrected chi connectivity index (χ1v) is 6.72. The fourth-order valence-electron chi connectivity index (χ4n) is 2.46. The van der Waals surface area contributed by atoms with Gasteiger partial charge in [0.1, 0.15) is 0 Å². The molecule has 3 heteroatoms. The average molecular weight is 272 g/mol. The van der Waals surface area contributed by atoms with E-state index in [1.807, 2.05) is 12.1 Å². The van der Waals surface area contributed by atoms with Crippen molar-refractivity contribution in [3.05, 3.63) is 70.2 Å². The van der Waals surface area contributed by atoms with Gasteiger partial charge in [0.25, 0.3) is 0 Å². The Balaban J connectivity index is 1.81. The zero-order valence-corrected chi connectivity index (χ0v) is 11.2. The molecule has 0 saturated carbocycles. The summed E-state index contributed by atoms with van der Waals surface area (Å²) in [5.74, 6) is 0.131. The Morgan fingerprint density at radius 1 is 1.05 bits per heavy atom. The van der Waals surface area contributed by atoms with Crippen LogP contribution in [0.15, 0.2) is 48.5 Å². The van der Waals surface area contributed by atoms with Crippen molar-refractivity contribution >= 4 is 17.4 Å². The summed E-state index contributed by atoms with van der Waals surface area (Å²) in [6.45, 7) is 0.750. The van der Waals surface area contributed by atoms with Crippen LogP contribution in [0.3, 0.4) is 0 Å². The van der Waals surface area contributed by atoms with E-state index in [4.69, 9.17) is 11.6 Å². The molecule has 1 aliphatic heterocycles. The van der Waals surface area contributed by atoms with E-state index < -0.39 is 0 Å². The number of carbonyl (C=O) groups excluding carboxylic acids is 1. The van der Waals surface area contributed by atoms with Gasteiger partial charge in [0, 0.05) is 17.1 Å². The summed E-state index contributed by atoms with van der Waals surface area (Å²) in [7, 11) is 0. The van der Waals surface area contributed by atoms with Crippen LogP contribution < -0.4 is 5.32 Å². The van der Waals surface area contributed by atoms with Gasteiger partial charge in [-0.1, -0.05) is 35.9 Å². The summed E-state index contributed by atoms with van der Waals surface area (Å²) in [4.78, 5) is 12.4. The molecule has 1 unspecified atom stereocenters. The highest BCUT2D eigenvalue weighted by Crippen LogP contribution is 2.19. The smallest absolute Gasteiger partial charge is 0.180 e. The Morgan fingerprint density at radius 2 is 1.74 bits per heavy atom. The molecule has 2 aromatic carbocycles. The van der Waals surface area contributed by atoms with E-state index in [2.05, 4.69) is 17.4 Å². The minimum Gasteiger partial charge on any atom is -0.303 e. The number of rotatable bonds is 2. The second-order valence-electron chi connectivity index (χ2n) is 4.78. The molecule has 19 heavy (non-hydrogen) atoms. The zero-order valence-electron chi connectivity index (χ0n) is 10.4. The van der Waals surface area contributed by atoms with Crippen molar-refractivity contribution in [2.75, 3.05) is 0 Å². The lowest BCUT2D eigenvalue weighted by Gasteiger charge is -2.25. The maximum atomic E-state index is 12.4. The van der Waals surface area contributed by atoms with Crippen molar-refractivity contribution in [1.29, 1.82) is 0 Å². The fraction of sp³-hybridized carbons (Fsp3) is 0.188. The molecular formula is C16H14ClNO. The van der Waals surface area contributed by atoms with Gasteiger partial charge in [0.2, 0.25) is 0 Å². The SMILES string of the molecule is O=C(c1ccc(Cl)cc1)C1Cc2ccccc2CN1. The highest BCUT2D eigenvalue weighted by Gasteiger charge is 2.24. The van der Waals surface area contributed by atoms with Gasteiger partial charge in [-0.2, -0.15) is 0 Å². The molecule has 0 saturated heterocycles. The lowest BCUT2D eigenvalue weighted by atomic mass is 9.91. The maximum absolute atomic E-state index is 12.4. The highest BCUT2D eigenvalue weighted by atomic mass is 35.5. The summed E-state index contributed by atoms with van der Waals surface area (Å²) < 4.78 is 0. The second-order valence-corrected chi connectivity index (χ2v) is 5.21. The van der Waals surface area contributed by atoms with Crippen LogP contribution in [0.2, 0.25) is 5.02 Å². The molecule has 0 aromatic heterocycles. The summed E-state index contributed by atoms with van der Waals surface area (Å²) in [5.41, 5.74) is 3.25. The normalized spacial score (nSPS) is 17.8. The van der Waals surface area contributed by atoms with E-state index in [1.165, 1.54) is 11.1 Å². The van der Waals surface area contributed by atoms with E-state index in [-0.39, 0.29) is 11.8 Å². The topological polar surface area (TPSA) is 29.1 Å². The van der Waals surface area contributed by atoms with Crippen molar-refractivity contribution in [2.45, 2.75) is 19.0 Å². The number of halogens is 1. The molecule has 0 fully saturated rings. The van der Waals surface area contributed by atoms with Crippen LogP contribution in [0, 0.1) is 0 Å². The molecule has 0 amide bonds. The largest absolute Gasteiger partial charge is 0.303 e. The van der Waals surface area contributed by atoms with Crippen LogP contribution in [0.5, 0.6) is 0 Å². The number of hydrogen-bond acceptors (Lipinski definition) is 2. The summed E-state index contributed by atoms with van der Waals surface area (Å²) in [6, 6.07) is 15.2. The molecule has 1 aliphatic rings. The molecule has 96 valence electrons. The van der Waals surface area contributed by atoms with Crippen molar-refractivity contribution in [3.8, 4) is 0 Å². The Morgan fingerprint density at radius 3 is 2.47 bits per heavy atom. The van der Waals surface area contributed by atoms with Gasteiger partial charge in [-0.25, -0.2) is 0 Å². The predicted octanol–water partition coefficient (Wildman–Crippen LogP) is 3.24. The van der Waals surface area contributed by atoms with Gasteiger partial charge >= 0.3 is 0 Å². The fourth-order valence-corrected chi connectivity index (χ4v) is 2.58. The number of hydrogen-bond donors (Lipinski definition) is 1. The molecule has 0 aliphatic carbocycles. The van der Waals surface area contributed by atoms with Gasteiger partial charge < -0.3 is 5.32 Å². The van der Waals surface area contributed by atoms with Crippen LogP contribution in [-0.4, -0.2) is 11.8 Å². The molecule has 1 atom stereocenters. The van der Waals surface area contributed by atoms with Crippen molar-refractivity contribution in [3.63, 3.8) is 0 Å². The summed E-state index contributed by atoms with van der Waals surface area (Å²) >= 11 is 5.84. The minimum absolute atomic E-state index is 0.131. The predicted molar refractivity (Wildman–Crippen MR) is 76.6 cm³/mol. The van der Waals surface area contributed by atoms with Gasteiger partial charge in [-0.05, 0) is 41.8 Å².